The molecule has 18 heavy (non-hydrogen) atoms. The number of aromatic nitrogens is 2. The van der Waals surface area contributed by atoms with Crippen molar-refractivity contribution in [1.29, 1.82) is 0 Å². The molecule has 0 saturated heterocycles. The standard InChI is InChI=1S/C14H19N3O/c1-10(2)8-9-15-13-7-5-4-6-12(13)14-17-16-11(3)18-14/h4-7,10,15H,8-9H2,1-3H3. The first-order chi connectivity index (χ1) is 8.66. The molecule has 1 N–H and O–H groups in total. The van der Waals surface area contributed by atoms with Crippen molar-refractivity contribution in [2.24, 2.45) is 5.92 Å². The van der Waals surface area contributed by atoms with E-state index in [1.807, 2.05) is 24.3 Å². The van der Waals surface area contributed by atoms with E-state index in [4.69, 9.17) is 4.42 Å². The van der Waals surface area contributed by atoms with Crippen LogP contribution in [0.25, 0.3) is 11.5 Å². The van der Waals surface area contributed by atoms with Crippen molar-refractivity contribution in [2.75, 3.05) is 11.9 Å². The average Bonchev–Trinajstić information content (AvgIpc) is 2.76. The summed E-state index contributed by atoms with van der Waals surface area (Å²) >= 11 is 0. The lowest BCUT2D eigenvalue weighted by Crippen LogP contribution is -2.05. The van der Waals surface area contributed by atoms with Crippen LogP contribution in [-0.2, 0) is 0 Å². The molecule has 96 valence electrons. The van der Waals surface area contributed by atoms with Crippen molar-refractivity contribution < 1.29 is 4.42 Å². The summed E-state index contributed by atoms with van der Waals surface area (Å²) in [5.41, 5.74) is 2.00. The Bertz CT molecular complexity index is 505. The third kappa shape index (κ3) is 3.09. The Labute approximate surface area is 107 Å². The number of nitrogens with zero attached hydrogens (tertiary/aromatic N) is 2. The van der Waals surface area contributed by atoms with Gasteiger partial charge in [-0.25, -0.2) is 0 Å². The second-order valence-electron chi connectivity index (χ2n) is 4.78. The lowest BCUT2D eigenvalue weighted by molar-refractivity contribution is 0.533. The van der Waals surface area contributed by atoms with Crippen molar-refractivity contribution >= 4 is 5.69 Å². The van der Waals surface area contributed by atoms with Gasteiger partial charge in [-0.05, 0) is 24.5 Å². The van der Waals surface area contributed by atoms with Gasteiger partial charge >= 0.3 is 0 Å². The zero-order valence-electron chi connectivity index (χ0n) is 11.1. The van der Waals surface area contributed by atoms with E-state index in [1.165, 1.54) is 0 Å². The molecule has 1 aromatic carbocycles. The van der Waals surface area contributed by atoms with Crippen LogP contribution in [0.15, 0.2) is 28.7 Å². The quantitative estimate of drug-likeness (QED) is 0.875. The molecule has 0 atom stereocenters. The summed E-state index contributed by atoms with van der Waals surface area (Å²) in [6.45, 7) is 7.18. The zero-order valence-corrected chi connectivity index (χ0v) is 11.1. The molecule has 0 aliphatic rings. The van der Waals surface area contributed by atoms with Gasteiger partial charge < -0.3 is 9.73 Å². The first-order valence-corrected chi connectivity index (χ1v) is 6.30. The number of hydrogen-bond donors (Lipinski definition) is 1. The summed E-state index contributed by atoms with van der Waals surface area (Å²) in [6.07, 6.45) is 1.14. The lowest BCUT2D eigenvalue weighted by atomic mass is 10.1. The van der Waals surface area contributed by atoms with E-state index in [-0.39, 0.29) is 0 Å². The van der Waals surface area contributed by atoms with Crippen LogP contribution in [0.4, 0.5) is 5.69 Å². The molecule has 0 spiro atoms. The molecular weight excluding hydrogens is 226 g/mol. The molecule has 0 radical (unpaired) electrons. The summed E-state index contributed by atoms with van der Waals surface area (Å²) < 4.78 is 5.48. The maximum atomic E-state index is 5.48. The Balaban J connectivity index is 2.15. The van der Waals surface area contributed by atoms with Crippen LogP contribution in [0.3, 0.4) is 0 Å². The van der Waals surface area contributed by atoms with Crippen LogP contribution in [0.1, 0.15) is 26.2 Å². The highest BCUT2D eigenvalue weighted by Gasteiger charge is 2.10. The highest BCUT2D eigenvalue weighted by atomic mass is 16.4. The third-order valence-electron chi connectivity index (χ3n) is 2.72. The number of hydrogen-bond acceptors (Lipinski definition) is 4. The van der Waals surface area contributed by atoms with Crippen LogP contribution in [0, 0.1) is 12.8 Å². The lowest BCUT2D eigenvalue weighted by Gasteiger charge is -2.10. The molecule has 4 heteroatoms. The van der Waals surface area contributed by atoms with E-state index in [1.54, 1.807) is 6.92 Å². The third-order valence-corrected chi connectivity index (χ3v) is 2.72. The van der Waals surface area contributed by atoms with Crippen molar-refractivity contribution in [2.45, 2.75) is 27.2 Å². The van der Waals surface area contributed by atoms with Gasteiger partial charge in [0.25, 0.3) is 0 Å². The van der Waals surface area contributed by atoms with Crippen LogP contribution in [0.5, 0.6) is 0 Å². The van der Waals surface area contributed by atoms with Gasteiger partial charge in [-0.15, -0.1) is 10.2 Å². The number of anilines is 1. The minimum absolute atomic E-state index is 0.570. The number of rotatable bonds is 5. The monoisotopic (exact) mass is 245 g/mol. The molecule has 4 nitrogen and oxygen atoms in total. The molecule has 1 aromatic heterocycles. The van der Waals surface area contributed by atoms with E-state index in [9.17, 15) is 0 Å². The number of benzene rings is 1. The normalized spacial score (nSPS) is 10.9. The molecule has 0 aliphatic carbocycles. The second-order valence-corrected chi connectivity index (χ2v) is 4.78. The van der Waals surface area contributed by atoms with Crippen LogP contribution < -0.4 is 5.32 Å². The van der Waals surface area contributed by atoms with E-state index in [0.717, 1.165) is 24.2 Å². The molecule has 0 bridgehead atoms. The molecule has 0 aliphatic heterocycles. The summed E-state index contributed by atoms with van der Waals surface area (Å²) in [5.74, 6) is 1.84. The summed E-state index contributed by atoms with van der Waals surface area (Å²) in [6, 6.07) is 8.01. The fourth-order valence-electron chi connectivity index (χ4n) is 1.72. The van der Waals surface area contributed by atoms with Gasteiger partial charge in [0.2, 0.25) is 11.8 Å². The average molecular weight is 245 g/mol. The fourth-order valence-corrected chi connectivity index (χ4v) is 1.72. The van der Waals surface area contributed by atoms with E-state index < -0.39 is 0 Å². The Hall–Kier alpha value is -1.84. The highest BCUT2D eigenvalue weighted by Crippen LogP contribution is 2.26. The first kappa shape index (κ1) is 12.6. The summed E-state index contributed by atoms with van der Waals surface area (Å²) in [5, 5.41) is 11.4. The number of nitrogens with one attached hydrogen (secondary N) is 1. The maximum absolute atomic E-state index is 5.48. The predicted molar refractivity (Wildman–Crippen MR) is 72.4 cm³/mol. The minimum Gasteiger partial charge on any atom is -0.421 e. The first-order valence-electron chi connectivity index (χ1n) is 6.30. The molecule has 0 unspecified atom stereocenters. The van der Waals surface area contributed by atoms with Crippen molar-refractivity contribution in [3.8, 4) is 11.5 Å². The SMILES string of the molecule is Cc1nnc(-c2ccccc2NCCC(C)C)o1. The predicted octanol–water partition coefficient (Wildman–Crippen LogP) is 3.50. The van der Waals surface area contributed by atoms with E-state index in [2.05, 4.69) is 29.4 Å². The molecule has 2 rings (SSSR count). The van der Waals surface area contributed by atoms with Gasteiger partial charge in [-0.3, -0.25) is 0 Å². The van der Waals surface area contributed by atoms with Crippen molar-refractivity contribution in [3.05, 3.63) is 30.2 Å². The maximum Gasteiger partial charge on any atom is 0.249 e. The second kappa shape index (κ2) is 5.67. The number of aryl methyl sites for hydroxylation is 1. The number of para-hydroxylation sites is 1. The zero-order chi connectivity index (χ0) is 13.0. The largest absolute Gasteiger partial charge is 0.421 e. The molecule has 1 heterocycles. The van der Waals surface area contributed by atoms with Gasteiger partial charge in [0.05, 0.1) is 5.56 Å². The Morgan fingerprint density at radius 3 is 2.67 bits per heavy atom. The van der Waals surface area contributed by atoms with E-state index >= 15 is 0 Å². The highest BCUT2D eigenvalue weighted by molar-refractivity contribution is 5.72. The fraction of sp³-hybridized carbons (Fsp3) is 0.429. The van der Waals surface area contributed by atoms with Gasteiger partial charge in [-0.1, -0.05) is 26.0 Å². The van der Waals surface area contributed by atoms with Crippen molar-refractivity contribution in [1.82, 2.24) is 10.2 Å². The minimum atomic E-state index is 0.570. The molecule has 0 fully saturated rings. The Morgan fingerprint density at radius 1 is 1.22 bits per heavy atom. The van der Waals surface area contributed by atoms with Gasteiger partial charge in [0.15, 0.2) is 0 Å². The Morgan fingerprint density at radius 2 is 2.00 bits per heavy atom. The van der Waals surface area contributed by atoms with Gasteiger partial charge in [0, 0.05) is 19.2 Å². The molecule has 0 saturated carbocycles. The Kier molecular flexibility index (Phi) is 3.97. The van der Waals surface area contributed by atoms with Crippen LogP contribution in [-0.4, -0.2) is 16.7 Å². The molecule has 0 amide bonds. The van der Waals surface area contributed by atoms with Crippen molar-refractivity contribution in [3.63, 3.8) is 0 Å². The smallest absolute Gasteiger partial charge is 0.249 e. The van der Waals surface area contributed by atoms with Crippen LogP contribution in [0.2, 0.25) is 0 Å². The molecular formula is C14H19N3O. The molecule has 2 aromatic rings. The van der Waals surface area contributed by atoms with E-state index in [0.29, 0.717) is 17.7 Å². The van der Waals surface area contributed by atoms with Gasteiger partial charge in [-0.2, -0.15) is 0 Å². The summed E-state index contributed by atoms with van der Waals surface area (Å²) in [7, 11) is 0. The van der Waals surface area contributed by atoms with Crippen LogP contribution >= 0.6 is 0 Å². The summed E-state index contributed by atoms with van der Waals surface area (Å²) in [4.78, 5) is 0. The van der Waals surface area contributed by atoms with Gasteiger partial charge in [0.1, 0.15) is 0 Å². The topological polar surface area (TPSA) is 51.0 Å².